The second-order valence-electron chi connectivity index (χ2n) is 4.24. The van der Waals surface area contributed by atoms with Crippen LogP contribution in [-0.4, -0.2) is 28.2 Å². The smallest absolute Gasteiger partial charge is 0.339 e. The molecule has 1 aromatic heterocycles. The molecule has 2 N–H and O–H groups in total. The minimum atomic E-state index is -1.04. The summed E-state index contributed by atoms with van der Waals surface area (Å²) in [6.07, 6.45) is 2.63. The number of benzene rings is 1. The highest BCUT2D eigenvalue weighted by Crippen LogP contribution is 2.26. The highest BCUT2D eigenvalue weighted by molar-refractivity contribution is 9.10. The molecule has 6 nitrogen and oxygen atoms in total. The Morgan fingerprint density at radius 1 is 1.48 bits per heavy atom. The number of carbonyl (C=O) groups is 1. The Kier molecular flexibility index (Phi) is 5.24. The van der Waals surface area contributed by atoms with Crippen LogP contribution in [0.15, 0.2) is 35.2 Å². The lowest BCUT2D eigenvalue weighted by atomic mass is 10.1. The van der Waals surface area contributed by atoms with Gasteiger partial charge in [-0.25, -0.2) is 14.8 Å². The zero-order valence-electron chi connectivity index (χ0n) is 11.3. The lowest BCUT2D eigenvalue weighted by molar-refractivity contribution is 0.0694. The van der Waals surface area contributed by atoms with E-state index < -0.39 is 5.97 Å². The van der Waals surface area contributed by atoms with Crippen LogP contribution in [0, 0.1) is 0 Å². The predicted molar refractivity (Wildman–Crippen MR) is 81.2 cm³/mol. The number of methoxy groups -OCH3 is 1. The zero-order valence-corrected chi connectivity index (χ0v) is 12.9. The molecule has 1 heterocycles. The van der Waals surface area contributed by atoms with Gasteiger partial charge in [-0.2, -0.15) is 0 Å². The quantitative estimate of drug-likeness (QED) is 0.832. The SMILES string of the molecule is COCc1c(Br)cccc1NCc1ncncc1C(=O)O. The van der Waals surface area contributed by atoms with Crippen LogP contribution in [0.2, 0.25) is 0 Å². The Morgan fingerprint density at radius 3 is 3.00 bits per heavy atom. The lowest BCUT2D eigenvalue weighted by Gasteiger charge is -2.13. The molecule has 0 saturated heterocycles. The normalized spacial score (nSPS) is 10.4. The summed E-state index contributed by atoms with van der Waals surface area (Å²) in [5.74, 6) is -1.04. The third kappa shape index (κ3) is 3.77. The third-order valence-electron chi connectivity index (χ3n) is 2.88. The van der Waals surface area contributed by atoms with Gasteiger partial charge in [0.05, 0.1) is 18.8 Å². The molecular formula is C14H14BrN3O3. The molecule has 110 valence electrons. The molecule has 0 spiro atoms. The van der Waals surface area contributed by atoms with E-state index in [1.807, 2.05) is 18.2 Å². The first-order valence-electron chi connectivity index (χ1n) is 6.16. The summed E-state index contributed by atoms with van der Waals surface area (Å²) in [4.78, 5) is 18.9. The van der Waals surface area contributed by atoms with Crippen molar-refractivity contribution in [1.82, 2.24) is 9.97 Å². The van der Waals surface area contributed by atoms with E-state index in [9.17, 15) is 4.79 Å². The van der Waals surface area contributed by atoms with Gasteiger partial charge in [0.15, 0.2) is 0 Å². The van der Waals surface area contributed by atoms with Gasteiger partial charge in [-0.15, -0.1) is 0 Å². The van der Waals surface area contributed by atoms with Gasteiger partial charge in [0.2, 0.25) is 0 Å². The summed E-state index contributed by atoms with van der Waals surface area (Å²) in [6, 6.07) is 5.72. The maximum Gasteiger partial charge on any atom is 0.339 e. The van der Waals surface area contributed by atoms with E-state index in [1.54, 1.807) is 7.11 Å². The largest absolute Gasteiger partial charge is 0.478 e. The number of ether oxygens (including phenoxy) is 1. The standard InChI is InChI=1S/C14H14BrN3O3/c1-21-7-10-11(15)3-2-4-12(10)17-6-13-9(14(19)20)5-16-8-18-13/h2-5,8,17H,6-7H2,1H3,(H,19,20). The fraction of sp³-hybridized carbons (Fsp3) is 0.214. The Hall–Kier alpha value is -1.99. The number of carboxylic acids is 1. The summed E-state index contributed by atoms with van der Waals surface area (Å²) in [7, 11) is 1.62. The van der Waals surface area contributed by atoms with Gasteiger partial charge in [0, 0.05) is 29.0 Å². The molecule has 0 amide bonds. The highest BCUT2D eigenvalue weighted by Gasteiger charge is 2.12. The number of aromatic carboxylic acids is 1. The molecule has 0 aliphatic carbocycles. The number of hydrogen-bond acceptors (Lipinski definition) is 5. The van der Waals surface area contributed by atoms with Gasteiger partial charge < -0.3 is 15.2 Å². The monoisotopic (exact) mass is 351 g/mol. The molecule has 0 atom stereocenters. The summed E-state index contributed by atoms with van der Waals surface area (Å²) in [5.41, 5.74) is 2.35. The average Bonchev–Trinajstić information content (AvgIpc) is 2.48. The molecule has 0 aliphatic heterocycles. The topological polar surface area (TPSA) is 84.3 Å². The first kappa shape index (κ1) is 15.4. The molecule has 0 radical (unpaired) electrons. The number of hydrogen-bond donors (Lipinski definition) is 2. The van der Waals surface area contributed by atoms with Crippen LogP contribution >= 0.6 is 15.9 Å². The average molecular weight is 352 g/mol. The Morgan fingerprint density at radius 2 is 2.29 bits per heavy atom. The summed E-state index contributed by atoms with van der Waals surface area (Å²) in [5, 5.41) is 12.3. The van der Waals surface area contributed by atoms with Crippen molar-refractivity contribution in [3.63, 3.8) is 0 Å². The van der Waals surface area contributed by atoms with Crippen LogP contribution in [0.4, 0.5) is 5.69 Å². The van der Waals surface area contributed by atoms with Crippen molar-refractivity contribution in [2.75, 3.05) is 12.4 Å². The number of carboxylic acid groups (broad SMARTS) is 1. The zero-order chi connectivity index (χ0) is 15.2. The van der Waals surface area contributed by atoms with E-state index in [4.69, 9.17) is 9.84 Å². The van der Waals surface area contributed by atoms with E-state index >= 15 is 0 Å². The summed E-state index contributed by atoms with van der Waals surface area (Å²) < 4.78 is 6.10. The molecule has 0 aliphatic rings. The maximum absolute atomic E-state index is 11.1. The van der Waals surface area contributed by atoms with Gasteiger partial charge in [0.1, 0.15) is 11.9 Å². The highest BCUT2D eigenvalue weighted by atomic mass is 79.9. The third-order valence-corrected chi connectivity index (χ3v) is 3.62. The van der Waals surface area contributed by atoms with Crippen LogP contribution in [0.5, 0.6) is 0 Å². The Bertz CT molecular complexity index is 649. The Balaban J connectivity index is 2.21. The van der Waals surface area contributed by atoms with Crippen molar-refractivity contribution < 1.29 is 14.6 Å². The summed E-state index contributed by atoms with van der Waals surface area (Å²) >= 11 is 3.47. The molecule has 0 unspecified atom stereocenters. The number of nitrogens with one attached hydrogen (secondary N) is 1. The van der Waals surface area contributed by atoms with Crippen molar-refractivity contribution in [1.29, 1.82) is 0 Å². The van der Waals surface area contributed by atoms with Crippen LogP contribution in [0.1, 0.15) is 21.6 Å². The van der Waals surface area contributed by atoms with E-state index in [2.05, 4.69) is 31.2 Å². The number of nitrogens with zero attached hydrogens (tertiary/aromatic N) is 2. The second-order valence-corrected chi connectivity index (χ2v) is 5.10. The van der Waals surface area contributed by atoms with Crippen molar-refractivity contribution in [2.24, 2.45) is 0 Å². The van der Waals surface area contributed by atoms with Crippen molar-refractivity contribution >= 4 is 27.6 Å². The van der Waals surface area contributed by atoms with E-state index in [0.29, 0.717) is 12.3 Å². The molecule has 2 aromatic rings. The van der Waals surface area contributed by atoms with Gasteiger partial charge in [-0.1, -0.05) is 22.0 Å². The predicted octanol–water partition coefficient (Wildman–Crippen LogP) is 2.70. The minimum Gasteiger partial charge on any atom is -0.478 e. The van der Waals surface area contributed by atoms with Crippen molar-refractivity contribution in [3.05, 3.63) is 52.0 Å². The number of rotatable bonds is 6. The van der Waals surface area contributed by atoms with E-state index in [1.165, 1.54) is 12.5 Å². The molecular weight excluding hydrogens is 338 g/mol. The summed E-state index contributed by atoms with van der Waals surface area (Å²) in [6.45, 7) is 0.733. The number of aromatic nitrogens is 2. The van der Waals surface area contributed by atoms with E-state index in [0.717, 1.165) is 15.7 Å². The van der Waals surface area contributed by atoms with Crippen molar-refractivity contribution in [2.45, 2.75) is 13.2 Å². The lowest BCUT2D eigenvalue weighted by Crippen LogP contribution is -2.11. The van der Waals surface area contributed by atoms with Gasteiger partial charge in [-0.05, 0) is 12.1 Å². The van der Waals surface area contributed by atoms with Crippen LogP contribution in [0.25, 0.3) is 0 Å². The van der Waals surface area contributed by atoms with Crippen LogP contribution in [0.3, 0.4) is 0 Å². The first-order chi connectivity index (χ1) is 10.1. The molecule has 0 fully saturated rings. The molecule has 2 rings (SSSR count). The fourth-order valence-corrected chi connectivity index (χ4v) is 2.35. The fourth-order valence-electron chi connectivity index (χ4n) is 1.87. The van der Waals surface area contributed by atoms with E-state index in [-0.39, 0.29) is 12.1 Å². The number of halogens is 1. The molecule has 7 heteroatoms. The first-order valence-corrected chi connectivity index (χ1v) is 6.95. The van der Waals surface area contributed by atoms with Crippen LogP contribution < -0.4 is 5.32 Å². The van der Waals surface area contributed by atoms with Crippen molar-refractivity contribution in [3.8, 4) is 0 Å². The number of anilines is 1. The minimum absolute atomic E-state index is 0.0910. The van der Waals surface area contributed by atoms with Crippen LogP contribution in [-0.2, 0) is 17.9 Å². The van der Waals surface area contributed by atoms with Gasteiger partial charge in [0.25, 0.3) is 0 Å². The molecule has 0 saturated carbocycles. The maximum atomic E-state index is 11.1. The second kappa shape index (κ2) is 7.14. The Labute approximate surface area is 130 Å². The van der Waals surface area contributed by atoms with Gasteiger partial charge in [-0.3, -0.25) is 0 Å². The molecule has 0 bridgehead atoms. The van der Waals surface area contributed by atoms with Gasteiger partial charge >= 0.3 is 5.97 Å². The molecule has 1 aromatic carbocycles. The molecule has 21 heavy (non-hydrogen) atoms.